The third kappa shape index (κ3) is 0.919. The molecule has 0 amide bonds. The highest BCUT2D eigenvalue weighted by Crippen LogP contribution is 2.27. The average Bonchev–Trinajstić information content (AvgIpc) is 2.59. The molecule has 2 rings (SSSR count). The Morgan fingerprint density at radius 2 is 2.33 bits per heavy atom. The molecule has 0 bridgehead atoms. The molecule has 2 heterocycles. The number of H-pyrrole nitrogens is 1. The van der Waals surface area contributed by atoms with Gasteiger partial charge in [0.2, 0.25) is 5.66 Å². The molecule has 0 fully saturated rings. The minimum absolute atomic E-state index is 0.614. The summed E-state index contributed by atoms with van der Waals surface area (Å²) in [6.07, 6.45) is 1.43. The zero-order valence-corrected chi connectivity index (χ0v) is 6.81. The summed E-state index contributed by atoms with van der Waals surface area (Å²) in [5, 5.41) is 14.3. The summed E-state index contributed by atoms with van der Waals surface area (Å²) < 4.78 is 0. The van der Waals surface area contributed by atoms with E-state index < -0.39 is 5.66 Å². The average molecular weight is 164 g/mol. The highest BCUT2D eigenvalue weighted by atomic mass is 15.4. The lowest BCUT2D eigenvalue weighted by Crippen LogP contribution is -2.15. The Balaban J connectivity index is 2.43. The zero-order chi connectivity index (χ0) is 8.60. The lowest BCUT2D eigenvalue weighted by Gasteiger charge is -2.09. The quantitative estimate of drug-likeness (QED) is 0.668. The minimum atomic E-state index is -0.694. The molecule has 62 valence electrons. The normalized spacial score (nSPS) is 27.7. The standard InChI is InChI=1S/C6H8N6/c1-4-9-6(2,12-10-4)5-7-3-8-11-5/h3H,1-2H3,(H,7,8,11). The minimum Gasteiger partial charge on any atom is -0.260 e. The van der Waals surface area contributed by atoms with Gasteiger partial charge in [-0.15, -0.1) is 10.2 Å². The fourth-order valence-electron chi connectivity index (χ4n) is 1.06. The van der Waals surface area contributed by atoms with Gasteiger partial charge in [-0.25, -0.2) is 9.98 Å². The lowest BCUT2D eigenvalue weighted by atomic mass is 10.2. The number of amidine groups is 1. The molecule has 1 atom stereocenters. The Hall–Kier alpha value is -1.59. The summed E-state index contributed by atoms with van der Waals surface area (Å²) in [5.74, 6) is 1.28. The molecule has 0 saturated heterocycles. The van der Waals surface area contributed by atoms with Gasteiger partial charge in [0.25, 0.3) is 0 Å². The fourth-order valence-corrected chi connectivity index (χ4v) is 1.06. The van der Waals surface area contributed by atoms with Crippen molar-refractivity contribution in [2.45, 2.75) is 19.5 Å². The van der Waals surface area contributed by atoms with Crippen molar-refractivity contribution in [1.29, 1.82) is 0 Å². The molecule has 0 spiro atoms. The summed E-state index contributed by atoms with van der Waals surface area (Å²) in [4.78, 5) is 8.19. The number of hydrogen-bond donors (Lipinski definition) is 1. The lowest BCUT2D eigenvalue weighted by molar-refractivity contribution is 0.490. The van der Waals surface area contributed by atoms with Gasteiger partial charge in [-0.05, 0) is 13.8 Å². The van der Waals surface area contributed by atoms with Crippen LogP contribution >= 0.6 is 0 Å². The summed E-state index contributed by atoms with van der Waals surface area (Å²) >= 11 is 0. The first-order valence-electron chi connectivity index (χ1n) is 3.56. The van der Waals surface area contributed by atoms with E-state index in [9.17, 15) is 0 Å². The van der Waals surface area contributed by atoms with E-state index in [1.165, 1.54) is 6.33 Å². The van der Waals surface area contributed by atoms with Crippen LogP contribution in [-0.4, -0.2) is 21.0 Å². The Bertz CT molecular complexity index is 337. The van der Waals surface area contributed by atoms with Crippen LogP contribution in [0, 0.1) is 0 Å². The molecule has 0 aliphatic carbocycles. The van der Waals surface area contributed by atoms with Crippen LogP contribution in [0.25, 0.3) is 0 Å². The largest absolute Gasteiger partial charge is 0.260 e. The van der Waals surface area contributed by atoms with E-state index in [4.69, 9.17) is 0 Å². The molecule has 6 nitrogen and oxygen atoms in total. The van der Waals surface area contributed by atoms with Gasteiger partial charge in [0, 0.05) is 0 Å². The van der Waals surface area contributed by atoms with E-state index in [2.05, 4.69) is 30.4 Å². The van der Waals surface area contributed by atoms with E-state index in [1.54, 1.807) is 6.92 Å². The number of nitrogens with one attached hydrogen (secondary N) is 1. The first-order chi connectivity index (χ1) is 5.71. The zero-order valence-electron chi connectivity index (χ0n) is 6.81. The molecule has 1 aliphatic rings. The molecule has 1 unspecified atom stereocenters. The Labute approximate surface area is 68.8 Å². The van der Waals surface area contributed by atoms with Gasteiger partial charge in [0.15, 0.2) is 5.82 Å². The number of aromatic nitrogens is 3. The highest BCUT2D eigenvalue weighted by Gasteiger charge is 2.32. The summed E-state index contributed by atoms with van der Waals surface area (Å²) in [6, 6.07) is 0. The number of azo groups is 1. The van der Waals surface area contributed by atoms with Crippen LogP contribution in [-0.2, 0) is 5.66 Å². The van der Waals surface area contributed by atoms with Gasteiger partial charge in [0.1, 0.15) is 12.2 Å². The highest BCUT2D eigenvalue weighted by molar-refractivity contribution is 5.81. The van der Waals surface area contributed by atoms with Gasteiger partial charge >= 0.3 is 0 Å². The van der Waals surface area contributed by atoms with Crippen molar-refractivity contribution in [3.8, 4) is 0 Å². The summed E-state index contributed by atoms with van der Waals surface area (Å²) in [5.41, 5.74) is -0.694. The van der Waals surface area contributed by atoms with Crippen molar-refractivity contribution < 1.29 is 0 Å². The second-order valence-corrected chi connectivity index (χ2v) is 2.71. The SMILES string of the molecule is CC1=NC(C)(c2ncn[nH]2)N=N1. The van der Waals surface area contributed by atoms with E-state index in [1.807, 2.05) is 6.92 Å². The predicted octanol–water partition coefficient (Wildman–Crippen LogP) is 0.862. The first-order valence-corrected chi connectivity index (χ1v) is 3.56. The van der Waals surface area contributed by atoms with Crippen LogP contribution in [0.3, 0.4) is 0 Å². The Kier molecular flexibility index (Phi) is 1.30. The van der Waals surface area contributed by atoms with Crippen LogP contribution in [0.1, 0.15) is 19.7 Å². The smallest absolute Gasteiger partial charge is 0.228 e. The molecular formula is C6H8N6. The van der Waals surface area contributed by atoms with Crippen LogP contribution in [0.5, 0.6) is 0 Å². The topological polar surface area (TPSA) is 78.6 Å². The fraction of sp³-hybridized carbons (Fsp3) is 0.500. The van der Waals surface area contributed by atoms with Crippen molar-refractivity contribution in [3.05, 3.63) is 12.2 Å². The number of nitrogens with zero attached hydrogens (tertiary/aromatic N) is 5. The molecule has 1 aliphatic heterocycles. The molecule has 6 heteroatoms. The van der Waals surface area contributed by atoms with Gasteiger partial charge in [-0.2, -0.15) is 5.10 Å². The van der Waals surface area contributed by atoms with E-state index in [-0.39, 0.29) is 0 Å². The predicted molar refractivity (Wildman–Crippen MR) is 41.7 cm³/mol. The third-order valence-corrected chi connectivity index (χ3v) is 1.63. The van der Waals surface area contributed by atoms with Crippen molar-refractivity contribution in [3.63, 3.8) is 0 Å². The van der Waals surface area contributed by atoms with Crippen molar-refractivity contribution >= 4 is 5.84 Å². The number of hydrogen-bond acceptors (Lipinski definition) is 5. The van der Waals surface area contributed by atoms with Gasteiger partial charge < -0.3 is 0 Å². The maximum Gasteiger partial charge on any atom is 0.228 e. The second-order valence-electron chi connectivity index (χ2n) is 2.71. The Morgan fingerprint density at radius 1 is 1.50 bits per heavy atom. The number of aliphatic imine (C=N–C) groups is 1. The molecule has 0 aromatic carbocycles. The van der Waals surface area contributed by atoms with Crippen LogP contribution < -0.4 is 0 Å². The molecule has 1 aromatic heterocycles. The molecule has 1 N–H and O–H groups in total. The maximum atomic E-state index is 4.21. The molecule has 0 radical (unpaired) electrons. The van der Waals surface area contributed by atoms with Gasteiger partial charge in [-0.3, -0.25) is 5.10 Å². The molecule has 12 heavy (non-hydrogen) atoms. The number of rotatable bonds is 1. The first kappa shape index (κ1) is 7.08. The van der Waals surface area contributed by atoms with E-state index in [0.717, 1.165) is 0 Å². The van der Waals surface area contributed by atoms with Crippen LogP contribution in [0.2, 0.25) is 0 Å². The molecular weight excluding hydrogens is 156 g/mol. The molecule has 1 aromatic rings. The second kappa shape index (κ2) is 2.20. The van der Waals surface area contributed by atoms with Gasteiger partial charge in [-0.1, -0.05) is 0 Å². The third-order valence-electron chi connectivity index (χ3n) is 1.63. The van der Waals surface area contributed by atoms with Crippen molar-refractivity contribution in [1.82, 2.24) is 15.2 Å². The van der Waals surface area contributed by atoms with Crippen LogP contribution in [0.4, 0.5) is 0 Å². The van der Waals surface area contributed by atoms with Crippen molar-refractivity contribution in [2.24, 2.45) is 15.2 Å². The van der Waals surface area contributed by atoms with Crippen LogP contribution in [0.15, 0.2) is 21.5 Å². The Morgan fingerprint density at radius 3 is 2.83 bits per heavy atom. The maximum absolute atomic E-state index is 4.21. The number of aromatic amines is 1. The van der Waals surface area contributed by atoms with Crippen molar-refractivity contribution in [2.75, 3.05) is 0 Å². The summed E-state index contributed by atoms with van der Waals surface area (Å²) in [7, 11) is 0. The van der Waals surface area contributed by atoms with Gasteiger partial charge in [0.05, 0.1) is 0 Å². The summed E-state index contributed by atoms with van der Waals surface area (Å²) in [6.45, 7) is 3.62. The van der Waals surface area contributed by atoms with E-state index in [0.29, 0.717) is 11.7 Å². The van der Waals surface area contributed by atoms with E-state index >= 15 is 0 Å². The monoisotopic (exact) mass is 164 g/mol. The molecule has 0 saturated carbocycles.